The molecule has 3 rings (SSSR count). The Morgan fingerprint density at radius 1 is 1.29 bits per heavy atom. The topological polar surface area (TPSA) is 89.0 Å². The Bertz CT molecular complexity index is 973. The molecular weight excluding hydrogens is 374 g/mol. The lowest BCUT2D eigenvalue weighted by Crippen LogP contribution is -2.05. The van der Waals surface area contributed by atoms with Crippen LogP contribution in [0.1, 0.15) is 38.8 Å². The molecule has 0 spiro atoms. The molecular formula is C20H23N5O2S. The standard InChI is InChI=1S/C20H23N5O2S/c1-5-12(2)17-18(28-20(25-17)22-13(3)26)16-9-10-21-19(24-16)23-14-7-6-8-15(11-14)27-4/h6-12H,5H2,1-4H3,(H,21,23,24)(H,22,25,26). The first-order valence-corrected chi connectivity index (χ1v) is 9.84. The van der Waals surface area contributed by atoms with Gasteiger partial charge in [-0.2, -0.15) is 0 Å². The van der Waals surface area contributed by atoms with Gasteiger partial charge in [0.25, 0.3) is 0 Å². The number of hydrogen-bond acceptors (Lipinski definition) is 7. The van der Waals surface area contributed by atoms with Crippen LogP contribution in [0.3, 0.4) is 0 Å². The van der Waals surface area contributed by atoms with Crippen LogP contribution in [0, 0.1) is 0 Å². The Balaban J connectivity index is 1.94. The van der Waals surface area contributed by atoms with Crippen molar-refractivity contribution in [2.45, 2.75) is 33.1 Å². The second-order valence-corrected chi connectivity index (χ2v) is 7.35. The van der Waals surface area contributed by atoms with Gasteiger partial charge in [-0.25, -0.2) is 15.0 Å². The number of amides is 1. The summed E-state index contributed by atoms with van der Waals surface area (Å²) in [4.78, 5) is 26.0. The van der Waals surface area contributed by atoms with Crippen LogP contribution in [-0.2, 0) is 4.79 Å². The zero-order chi connectivity index (χ0) is 20.1. The zero-order valence-electron chi connectivity index (χ0n) is 16.3. The highest BCUT2D eigenvalue weighted by Crippen LogP contribution is 2.37. The lowest BCUT2D eigenvalue weighted by molar-refractivity contribution is -0.114. The molecule has 1 amide bonds. The normalized spacial score (nSPS) is 11.7. The van der Waals surface area contributed by atoms with Gasteiger partial charge in [0, 0.05) is 24.9 Å². The molecule has 1 aromatic carbocycles. The van der Waals surface area contributed by atoms with E-state index >= 15 is 0 Å². The molecule has 0 aliphatic heterocycles. The first-order chi connectivity index (χ1) is 13.5. The number of hydrogen-bond donors (Lipinski definition) is 2. The van der Waals surface area contributed by atoms with Crippen molar-refractivity contribution in [2.75, 3.05) is 17.7 Å². The summed E-state index contributed by atoms with van der Waals surface area (Å²) in [5, 5.41) is 6.56. The maximum Gasteiger partial charge on any atom is 0.227 e. The highest BCUT2D eigenvalue weighted by Gasteiger charge is 2.19. The molecule has 0 bridgehead atoms. The lowest BCUT2D eigenvalue weighted by Gasteiger charge is -2.10. The average Bonchev–Trinajstić information content (AvgIpc) is 3.11. The lowest BCUT2D eigenvalue weighted by atomic mass is 10.0. The molecule has 28 heavy (non-hydrogen) atoms. The van der Waals surface area contributed by atoms with Crippen LogP contribution in [0.25, 0.3) is 10.6 Å². The second kappa shape index (κ2) is 8.79. The molecule has 0 aliphatic carbocycles. The third-order valence-corrected chi connectivity index (χ3v) is 5.24. The molecule has 2 aromatic heterocycles. The molecule has 0 fully saturated rings. The van der Waals surface area contributed by atoms with Gasteiger partial charge in [0.2, 0.25) is 11.9 Å². The SMILES string of the molecule is CCC(C)c1nc(NC(C)=O)sc1-c1ccnc(Nc2cccc(OC)c2)n1. The molecule has 1 atom stereocenters. The average molecular weight is 398 g/mol. The van der Waals surface area contributed by atoms with E-state index in [2.05, 4.69) is 39.4 Å². The van der Waals surface area contributed by atoms with Gasteiger partial charge >= 0.3 is 0 Å². The van der Waals surface area contributed by atoms with E-state index in [0.29, 0.717) is 11.1 Å². The van der Waals surface area contributed by atoms with Crippen molar-refractivity contribution in [1.82, 2.24) is 15.0 Å². The van der Waals surface area contributed by atoms with Gasteiger partial charge in [-0.15, -0.1) is 0 Å². The predicted molar refractivity (Wildman–Crippen MR) is 112 cm³/mol. The number of methoxy groups -OCH3 is 1. The van der Waals surface area contributed by atoms with Crippen molar-refractivity contribution in [3.8, 4) is 16.3 Å². The van der Waals surface area contributed by atoms with Crippen LogP contribution in [0.2, 0.25) is 0 Å². The summed E-state index contributed by atoms with van der Waals surface area (Å²) in [6, 6.07) is 9.43. The molecule has 2 heterocycles. The van der Waals surface area contributed by atoms with E-state index in [-0.39, 0.29) is 11.8 Å². The number of thiazole rings is 1. The third-order valence-electron chi connectivity index (χ3n) is 4.23. The van der Waals surface area contributed by atoms with Gasteiger partial charge in [0.05, 0.1) is 23.4 Å². The minimum absolute atomic E-state index is 0.140. The van der Waals surface area contributed by atoms with Gasteiger partial charge in [0.1, 0.15) is 5.75 Å². The highest BCUT2D eigenvalue weighted by molar-refractivity contribution is 7.19. The van der Waals surface area contributed by atoms with Crippen molar-refractivity contribution in [3.05, 3.63) is 42.2 Å². The quantitative estimate of drug-likeness (QED) is 0.594. The molecule has 8 heteroatoms. The van der Waals surface area contributed by atoms with Gasteiger partial charge in [-0.05, 0) is 30.5 Å². The van der Waals surface area contributed by atoms with Crippen LogP contribution in [0.4, 0.5) is 16.8 Å². The number of anilines is 3. The number of carbonyl (C=O) groups excluding carboxylic acids is 1. The highest BCUT2D eigenvalue weighted by atomic mass is 32.1. The monoisotopic (exact) mass is 397 g/mol. The van der Waals surface area contributed by atoms with Gasteiger partial charge in [-0.3, -0.25) is 4.79 Å². The van der Waals surface area contributed by atoms with Gasteiger partial charge in [-0.1, -0.05) is 31.3 Å². The predicted octanol–water partition coefficient (Wildman–Crippen LogP) is 4.82. The van der Waals surface area contributed by atoms with E-state index in [1.165, 1.54) is 18.3 Å². The van der Waals surface area contributed by atoms with Crippen molar-refractivity contribution in [2.24, 2.45) is 0 Å². The molecule has 0 radical (unpaired) electrons. The number of benzene rings is 1. The molecule has 146 valence electrons. The first-order valence-electron chi connectivity index (χ1n) is 9.03. The molecule has 2 N–H and O–H groups in total. The Labute approximate surface area is 168 Å². The summed E-state index contributed by atoms with van der Waals surface area (Å²) < 4.78 is 5.25. The van der Waals surface area contributed by atoms with Crippen molar-refractivity contribution < 1.29 is 9.53 Å². The van der Waals surface area contributed by atoms with Crippen LogP contribution in [-0.4, -0.2) is 28.0 Å². The second-order valence-electron chi connectivity index (χ2n) is 6.35. The zero-order valence-corrected chi connectivity index (χ0v) is 17.1. The molecule has 3 aromatic rings. The van der Waals surface area contributed by atoms with E-state index in [9.17, 15) is 4.79 Å². The van der Waals surface area contributed by atoms with E-state index in [4.69, 9.17) is 4.74 Å². The summed E-state index contributed by atoms with van der Waals surface area (Å²) in [7, 11) is 1.63. The van der Waals surface area contributed by atoms with Crippen LogP contribution in [0.15, 0.2) is 36.5 Å². The Hall–Kier alpha value is -3.00. The fourth-order valence-corrected chi connectivity index (χ4v) is 3.72. The van der Waals surface area contributed by atoms with E-state index in [0.717, 1.165) is 34.1 Å². The minimum Gasteiger partial charge on any atom is -0.497 e. The summed E-state index contributed by atoms with van der Waals surface area (Å²) in [5.74, 6) is 1.34. The number of carbonyl (C=O) groups is 1. The van der Waals surface area contributed by atoms with E-state index in [1.807, 2.05) is 30.3 Å². The number of nitrogens with one attached hydrogen (secondary N) is 2. The van der Waals surface area contributed by atoms with E-state index < -0.39 is 0 Å². The Kier molecular flexibility index (Phi) is 6.20. The first kappa shape index (κ1) is 19.8. The van der Waals surface area contributed by atoms with Crippen LogP contribution in [0.5, 0.6) is 5.75 Å². The largest absolute Gasteiger partial charge is 0.497 e. The van der Waals surface area contributed by atoms with Gasteiger partial charge in [0.15, 0.2) is 5.13 Å². The van der Waals surface area contributed by atoms with Gasteiger partial charge < -0.3 is 15.4 Å². The summed E-state index contributed by atoms with van der Waals surface area (Å²) >= 11 is 1.42. The van der Waals surface area contributed by atoms with E-state index in [1.54, 1.807) is 13.3 Å². The number of aromatic nitrogens is 3. The van der Waals surface area contributed by atoms with Crippen molar-refractivity contribution >= 4 is 34.0 Å². The maximum absolute atomic E-state index is 11.4. The Morgan fingerprint density at radius 2 is 2.11 bits per heavy atom. The minimum atomic E-state index is -0.140. The number of rotatable bonds is 7. The third kappa shape index (κ3) is 4.64. The fraction of sp³-hybridized carbons (Fsp3) is 0.300. The molecule has 7 nitrogen and oxygen atoms in total. The number of nitrogens with zero attached hydrogens (tertiary/aromatic N) is 3. The molecule has 1 unspecified atom stereocenters. The van der Waals surface area contributed by atoms with Crippen LogP contribution >= 0.6 is 11.3 Å². The summed E-state index contributed by atoms with van der Waals surface area (Å²) in [5.41, 5.74) is 2.54. The summed E-state index contributed by atoms with van der Waals surface area (Å²) in [6.07, 6.45) is 2.65. The smallest absolute Gasteiger partial charge is 0.227 e. The molecule has 0 aliphatic rings. The fourth-order valence-electron chi connectivity index (χ4n) is 2.62. The summed E-state index contributed by atoms with van der Waals surface area (Å²) in [6.45, 7) is 5.71. The number of ether oxygens (including phenoxy) is 1. The van der Waals surface area contributed by atoms with Crippen LogP contribution < -0.4 is 15.4 Å². The molecule has 0 saturated carbocycles. The Morgan fingerprint density at radius 3 is 2.82 bits per heavy atom. The van der Waals surface area contributed by atoms with Crippen molar-refractivity contribution in [3.63, 3.8) is 0 Å². The maximum atomic E-state index is 11.4. The molecule has 0 saturated heterocycles. The van der Waals surface area contributed by atoms with Crippen molar-refractivity contribution in [1.29, 1.82) is 0 Å².